The van der Waals surface area contributed by atoms with Gasteiger partial charge in [-0.05, 0) is 92.4 Å². The molecule has 650 valence electrons. The summed E-state index contributed by atoms with van der Waals surface area (Å²) in [5, 5.41) is 22.2. The van der Waals surface area contributed by atoms with Crippen LogP contribution in [-0.2, 0) is 82.1 Å². The second-order valence-electron chi connectivity index (χ2n) is 29.4. The average Bonchev–Trinajstić information content (AvgIpc) is 0.746. The number of carbonyl (C=O) groups excluding carboxylic acids is 2. The fraction of sp³-hybridized carbons (Fsp3) is 0.138. The molecule has 0 spiro atoms. The summed E-state index contributed by atoms with van der Waals surface area (Å²) in [5.74, 6) is -3.31. The maximum atomic E-state index is 14.5. The van der Waals surface area contributed by atoms with E-state index in [2.05, 4.69) is 0 Å². The molecule has 0 heterocycles. The first-order valence-corrected chi connectivity index (χ1v) is 41.8. The van der Waals surface area contributed by atoms with Crippen LogP contribution in [0.5, 0.6) is 69.0 Å². The third kappa shape index (κ3) is 23.8. The molecule has 0 aromatic heterocycles. The summed E-state index contributed by atoms with van der Waals surface area (Å²) in [5.41, 5.74) is 8.31. The number of carbonyl (C=O) groups is 4. The van der Waals surface area contributed by atoms with Crippen LogP contribution in [0.25, 0.3) is 22.3 Å². The zero-order valence-corrected chi connectivity index (χ0v) is 71.3. The minimum atomic E-state index is -1.38. The average molecular weight is 1720 g/mol. The van der Waals surface area contributed by atoms with Gasteiger partial charge in [-0.15, -0.1) is 0 Å². The van der Waals surface area contributed by atoms with Gasteiger partial charge >= 0.3 is 23.9 Å². The molecule has 0 aliphatic heterocycles. The van der Waals surface area contributed by atoms with Crippen LogP contribution < -0.4 is 56.8 Å². The van der Waals surface area contributed by atoms with Gasteiger partial charge in [0.1, 0.15) is 72.7 Å². The van der Waals surface area contributed by atoms with E-state index in [1.807, 2.05) is 334 Å². The van der Waals surface area contributed by atoms with Crippen LogP contribution in [0.4, 0.5) is 0 Å². The van der Waals surface area contributed by atoms with Crippen LogP contribution in [-0.4, -0.2) is 54.9 Å². The molecule has 0 aliphatic carbocycles. The lowest BCUT2D eigenvalue weighted by atomic mass is 9.91. The molecule has 0 unspecified atom stereocenters. The molecule has 0 saturated carbocycles. The first-order chi connectivity index (χ1) is 63.4. The smallest absolute Gasteiger partial charge is 0.338 e. The molecule has 15 aromatic rings. The second-order valence-corrected chi connectivity index (χ2v) is 29.4. The van der Waals surface area contributed by atoms with Gasteiger partial charge in [0, 0.05) is 22.3 Å². The summed E-state index contributed by atoms with van der Waals surface area (Å²) < 4.78 is 90.6. The van der Waals surface area contributed by atoms with Crippen molar-refractivity contribution >= 4 is 23.9 Å². The summed E-state index contributed by atoms with van der Waals surface area (Å²) in [6, 6.07) is 110. The van der Waals surface area contributed by atoms with Gasteiger partial charge in [0.05, 0.1) is 43.1 Å². The standard InChI is InChI=1S/C58H50O10.C51H44O10/c1-61-57(59)47-33-49(63-35-41-21-9-3-10-22-41)53(65-37-43-25-13-5-14-26-43)55(67-39-45-29-17-7-18-30-45)51(47)52-48(58(60)62-2)34-50(64-36-42-23-11-4-12-24-42)54(66-38-44-27-15-6-16-28-44)56(52)68-40-46-31-19-8-20-32-46;1-2-56-42-28-40(50(52)53)44(48(60-33-38-24-14-6-15-25-38)46(42)58-31-36-20-10-4-11-21-36)45-41(51(54)55)29-43(57-30-35-18-8-3-9-19-35)47(59-32-37-22-12-5-13-23-37)49(45)61-34-39-26-16-7-17-27-39/h3-34H,35-40H2,1-2H3;3-29H,2,30-34H2,1H3,(H,52,53)(H,54,55). The van der Waals surface area contributed by atoms with E-state index in [9.17, 15) is 29.4 Å². The SMILES string of the molecule is CCOc1cc(C(=O)O)c(-c2c(C(=O)O)cc(OCc3ccccc3)c(OCc3ccccc3)c2OCc2ccccc2)c(OCc2ccccc2)c1OCc1ccccc1.COC(=O)c1cc(OCc2ccccc2)c(OCc2ccccc2)c(OCc2ccccc2)c1-c1c(C(=O)OC)cc(OCc2ccccc2)c(OCc2ccccc2)c1OCc1ccccc1. The summed E-state index contributed by atoms with van der Waals surface area (Å²) >= 11 is 0. The zero-order chi connectivity index (χ0) is 89.3. The quantitative estimate of drug-likeness (QED) is 0.0339. The predicted molar refractivity (Wildman–Crippen MR) is 490 cm³/mol. The molecule has 0 bridgehead atoms. The summed E-state index contributed by atoms with van der Waals surface area (Å²) in [4.78, 5) is 56.3. The van der Waals surface area contributed by atoms with Crippen molar-refractivity contribution in [1.29, 1.82) is 0 Å². The molecule has 129 heavy (non-hydrogen) atoms. The van der Waals surface area contributed by atoms with Gasteiger partial charge in [-0.1, -0.05) is 334 Å². The van der Waals surface area contributed by atoms with Crippen molar-refractivity contribution in [1.82, 2.24) is 0 Å². The fourth-order valence-corrected chi connectivity index (χ4v) is 14.1. The van der Waals surface area contributed by atoms with Gasteiger partial charge in [-0.2, -0.15) is 0 Å². The maximum absolute atomic E-state index is 14.5. The normalized spacial score (nSPS) is 10.7. The lowest BCUT2D eigenvalue weighted by Crippen LogP contribution is -2.14. The van der Waals surface area contributed by atoms with E-state index in [0.717, 1.165) is 61.2 Å². The third-order valence-corrected chi connectivity index (χ3v) is 20.4. The molecule has 2 N–H and O–H groups in total. The van der Waals surface area contributed by atoms with Gasteiger partial charge in [0.15, 0.2) is 46.0 Å². The van der Waals surface area contributed by atoms with E-state index in [4.69, 9.17) is 66.3 Å². The highest BCUT2D eigenvalue weighted by molar-refractivity contribution is 6.10. The highest BCUT2D eigenvalue weighted by Gasteiger charge is 2.38. The van der Waals surface area contributed by atoms with E-state index < -0.39 is 23.9 Å². The van der Waals surface area contributed by atoms with Gasteiger partial charge in [0.25, 0.3) is 0 Å². The van der Waals surface area contributed by atoms with Crippen LogP contribution in [0.3, 0.4) is 0 Å². The third-order valence-electron chi connectivity index (χ3n) is 20.4. The summed E-state index contributed by atoms with van der Waals surface area (Å²) in [7, 11) is 2.56. The van der Waals surface area contributed by atoms with Crippen LogP contribution in [0.1, 0.15) is 110 Å². The van der Waals surface area contributed by atoms with E-state index in [-0.39, 0.29) is 193 Å². The van der Waals surface area contributed by atoms with Crippen molar-refractivity contribution in [3.63, 3.8) is 0 Å². The van der Waals surface area contributed by atoms with Crippen molar-refractivity contribution in [3.05, 3.63) is 441 Å². The monoisotopic (exact) mass is 1720 g/mol. The highest BCUT2D eigenvalue weighted by atomic mass is 16.6. The van der Waals surface area contributed by atoms with E-state index in [0.29, 0.717) is 0 Å². The number of hydrogen-bond donors (Lipinski definition) is 2. The topological polar surface area (TPSA) is 238 Å². The molecule has 0 atom stereocenters. The molecule has 15 rings (SSSR count). The van der Waals surface area contributed by atoms with Crippen LogP contribution in [0.2, 0.25) is 0 Å². The number of methoxy groups -OCH3 is 2. The zero-order valence-electron chi connectivity index (χ0n) is 71.3. The Morgan fingerprint density at radius 3 is 0.512 bits per heavy atom. The number of esters is 2. The molecule has 0 radical (unpaired) electrons. The van der Waals surface area contributed by atoms with Crippen LogP contribution >= 0.6 is 0 Å². The molecule has 15 aromatic carbocycles. The molecule has 0 aliphatic rings. The number of hydrogen-bond acceptors (Lipinski definition) is 18. The number of aromatic carboxylic acids is 2. The second kappa shape index (κ2) is 45.4. The number of carboxylic acid groups (broad SMARTS) is 2. The Labute approximate surface area is 748 Å². The molecule has 20 heteroatoms. The Morgan fingerprint density at radius 1 is 0.202 bits per heavy atom. The lowest BCUT2D eigenvalue weighted by molar-refractivity contribution is 0.0588. The Bertz CT molecular complexity index is 5960. The summed E-state index contributed by atoms with van der Waals surface area (Å²) in [6.07, 6.45) is 0. The van der Waals surface area contributed by atoms with Gasteiger partial charge in [-0.25, -0.2) is 19.2 Å². The predicted octanol–water partition coefficient (Wildman–Crippen LogP) is 23.4. The highest BCUT2D eigenvalue weighted by Crippen LogP contribution is 2.58. The minimum absolute atomic E-state index is 0.0156. The number of rotatable bonds is 41. The Morgan fingerprint density at radius 2 is 0.349 bits per heavy atom. The first-order valence-electron chi connectivity index (χ1n) is 41.8. The summed E-state index contributed by atoms with van der Waals surface area (Å²) in [6.45, 7) is 2.42. The van der Waals surface area contributed by atoms with Crippen molar-refractivity contribution < 1.29 is 95.7 Å². The van der Waals surface area contributed by atoms with Crippen molar-refractivity contribution in [2.24, 2.45) is 0 Å². The van der Waals surface area contributed by atoms with E-state index >= 15 is 0 Å². The first kappa shape index (κ1) is 89.1. The van der Waals surface area contributed by atoms with Crippen molar-refractivity contribution in [2.75, 3.05) is 20.8 Å². The Balaban J connectivity index is 0.000000210. The van der Waals surface area contributed by atoms with Crippen molar-refractivity contribution in [2.45, 2.75) is 79.6 Å². The fourth-order valence-electron chi connectivity index (χ4n) is 14.1. The number of ether oxygens (including phenoxy) is 14. The molecule has 0 fully saturated rings. The maximum Gasteiger partial charge on any atom is 0.338 e. The van der Waals surface area contributed by atoms with E-state index in [1.54, 1.807) is 19.1 Å². The molecule has 0 amide bonds. The molecule has 20 nitrogen and oxygen atoms in total. The lowest BCUT2D eigenvalue weighted by Gasteiger charge is -2.26. The number of benzene rings is 15. The van der Waals surface area contributed by atoms with Crippen LogP contribution in [0, 0.1) is 0 Å². The van der Waals surface area contributed by atoms with Gasteiger partial charge in [-0.3, -0.25) is 0 Å². The largest absolute Gasteiger partial charge is 0.490 e. The van der Waals surface area contributed by atoms with Gasteiger partial charge in [0.2, 0.25) is 23.0 Å². The Hall–Kier alpha value is -16.2. The van der Waals surface area contributed by atoms with E-state index in [1.165, 1.54) is 26.4 Å². The molecule has 0 saturated heterocycles. The number of carboxylic acids is 2. The van der Waals surface area contributed by atoms with Crippen LogP contribution in [0.15, 0.2) is 358 Å². The molecular formula is C109H94O20. The van der Waals surface area contributed by atoms with Gasteiger partial charge < -0.3 is 76.5 Å². The molecular weight excluding hydrogens is 1630 g/mol. The Kier molecular flexibility index (Phi) is 31.4. The minimum Gasteiger partial charge on any atom is -0.490 e. The van der Waals surface area contributed by atoms with Crippen molar-refractivity contribution in [3.8, 4) is 91.2 Å².